The summed E-state index contributed by atoms with van der Waals surface area (Å²) in [6.07, 6.45) is 0.135. The van der Waals surface area contributed by atoms with E-state index in [2.05, 4.69) is 10.1 Å². The predicted octanol–water partition coefficient (Wildman–Crippen LogP) is 4.04. The van der Waals surface area contributed by atoms with Gasteiger partial charge in [0.1, 0.15) is 0 Å². The number of ether oxygens (including phenoxy) is 1. The van der Waals surface area contributed by atoms with Crippen molar-refractivity contribution in [1.82, 2.24) is 15.0 Å². The Bertz CT molecular complexity index is 1040. The molecule has 1 amide bonds. The van der Waals surface area contributed by atoms with Crippen LogP contribution >= 0.6 is 11.6 Å². The Balaban J connectivity index is 1.34. The summed E-state index contributed by atoms with van der Waals surface area (Å²) in [7, 11) is 0. The lowest BCUT2D eigenvalue weighted by Crippen LogP contribution is -2.29. The molecule has 2 atom stereocenters. The van der Waals surface area contributed by atoms with Crippen molar-refractivity contribution >= 4 is 23.5 Å². The largest absolute Gasteiger partial charge is 0.455 e. The molecule has 0 aliphatic carbocycles. The number of hydrogen-bond donors (Lipinski definition) is 0. The minimum atomic E-state index is -0.512. The van der Waals surface area contributed by atoms with E-state index in [0.29, 0.717) is 17.4 Å². The maximum Gasteiger partial charge on any atom is 0.311 e. The Morgan fingerprint density at radius 3 is 2.70 bits per heavy atom. The van der Waals surface area contributed by atoms with E-state index >= 15 is 0 Å². The zero-order valence-electron chi connectivity index (χ0n) is 16.3. The Morgan fingerprint density at radius 1 is 1.23 bits per heavy atom. The molecule has 0 N–H and O–H groups in total. The molecule has 1 aliphatic rings. The van der Waals surface area contributed by atoms with Crippen LogP contribution in [0.1, 0.15) is 30.8 Å². The van der Waals surface area contributed by atoms with Gasteiger partial charge in [0.2, 0.25) is 11.7 Å². The van der Waals surface area contributed by atoms with E-state index in [1.807, 2.05) is 37.3 Å². The van der Waals surface area contributed by atoms with Crippen LogP contribution in [0.25, 0.3) is 11.4 Å². The van der Waals surface area contributed by atoms with E-state index in [4.69, 9.17) is 20.9 Å². The van der Waals surface area contributed by atoms with Crippen LogP contribution in [0.2, 0.25) is 5.02 Å². The second-order valence-corrected chi connectivity index (χ2v) is 7.60. The first-order valence-corrected chi connectivity index (χ1v) is 9.98. The van der Waals surface area contributed by atoms with E-state index < -0.39 is 11.9 Å². The zero-order chi connectivity index (χ0) is 21.1. The minimum Gasteiger partial charge on any atom is -0.455 e. The number of likely N-dealkylation sites (tertiary alicyclic amines) is 1. The fraction of sp³-hybridized carbons (Fsp3) is 0.273. The first-order valence-electron chi connectivity index (χ1n) is 9.61. The molecule has 1 saturated heterocycles. The molecule has 3 aromatic rings. The van der Waals surface area contributed by atoms with Gasteiger partial charge in [-0.05, 0) is 36.8 Å². The van der Waals surface area contributed by atoms with Gasteiger partial charge in [-0.3, -0.25) is 9.59 Å². The summed E-state index contributed by atoms with van der Waals surface area (Å²) in [5.41, 5.74) is 1.77. The monoisotopic (exact) mass is 425 g/mol. The zero-order valence-corrected chi connectivity index (χ0v) is 17.1. The highest BCUT2D eigenvalue weighted by molar-refractivity contribution is 6.30. The van der Waals surface area contributed by atoms with Gasteiger partial charge < -0.3 is 14.2 Å². The van der Waals surface area contributed by atoms with E-state index in [1.54, 1.807) is 29.2 Å². The SMILES string of the molecule is C[C@H](c1ccccc1)N1C[C@H](C(=O)OCc2nc(-c3ccc(Cl)cc3)no2)CC1=O. The Morgan fingerprint density at radius 2 is 1.97 bits per heavy atom. The molecule has 2 heterocycles. The van der Waals surface area contributed by atoms with E-state index in [-0.39, 0.29) is 30.9 Å². The van der Waals surface area contributed by atoms with Gasteiger partial charge in [0.25, 0.3) is 5.89 Å². The van der Waals surface area contributed by atoms with Gasteiger partial charge in [0.15, 0.2) is 6.61 Å². The molecule has 2 aromatic carbocycles. The van der Waals surface area contributed by atoms with Crippen LogP contribution in [0.4, 0.5) is 0 Å². The number of aromatic nitrogens is 2. The number of carbonyl (C=O) groups is 2. The van der Waals surface area contributed by atoms with Gasteiger partial charge in [-0.15, -0.1) is 0 Å². The molecule has 30 heavy (non-hydrogen) atoms. The summed E-state index contributed by atoms with van der Waals surface area (Å²) in [5, 5.41) is 4.50. The lowest BCUT2D eigenvalue weighted by molar-refractivity contribution is -0.150. The van der Waals surface area contributed by atoms with E-state index in [1.165, 1.54) is 0 Å². The highest BCUT2D eigenvalue weighted by Gasteiger charge is 2.38. The molecular formula is C22H20ClN3O4. The number of amides is 1. The van der Waals surface area contributed by atoms with Crippen LogP contribution < -0.4 is 0 Å². The van der Waals surface area contributed by atoms with Crippen molar-refractivity contribution < 1.29 is 18.8 Å². The molecule has 1 aromatic heterocycles. The van der Waals surface area contributed by atoms with Crippen molar-refractivity contribution in [2.24, 2.45) is 5.92 Å². The summed E-state index contributed by atoms with van der Waals surface area (Å²) in [6, 6.07) is 16.6. The van der Waals surface area contributed by atoms with Crippen molar-refractivity contribution in [2.45, 2.75) is 26.0 Å². The molecule has 154 valence electrons. The van der Waals surface area contributed by atoms with Gasteiger partial charge >= 0.3 is 5.97 Å². The van der Waals surface area contributed by atoms with Gasteiger partial charge in [-0.25, -0.2) is 0 Å². The second kappa shape index (κ2) is 8.67. The Kier molecular flexibility index (Phi) is 5.81. The lowest BCUT2D eigenvalue weighted by atomic mass is 10.1. The van der Waals surface area contributed by atoms with Crippen molar-refractivity contribution in [1.29, 1.82) is 0 Å². The van der Waals surface area contributed by atoms with Gasteiger partial charge in [0, 0.05) is 23.6 Å². The number of esters is 1. The topological polar surface area (TPSA) is 85.5 Å². The fourth-order valence-electron chi connectivity index (χ4n) is 3.46. The molecule has 4 rings (SSSR count). The molecule has 0 bridgehead atoms. The molecule has 7 nitrogen and oxygen atoms in total. The van der Waals surface area contributed by atoms with Crippen LogP contribution in [0.3, 0.4) is 0 Å². The number of halogens is 1. The Labute approximate surface area is 178 Å². The van der Waals surface area contributed by atoms with Crippen LogP contribution in [-0.2, 0) is 20.9 Å². The summed E-state index contributed by atoms with van der Waals surface area (Å²) in [4.78, 5) is 30.9. The maximum atomic E-state index is 12.5. The molecule has 0 spiro atoms. The summed E-state index contributed by atoms with van der Waals surface area (Å²) >= 11 is 5.88. The number of rotatable bonds is 6. The highest BCUT2D eigenvalue weighted by Crippen LogP contribution is 2.29. The Hall–Kier alpha value is -3.19. The normalized spacial score (nSPS) is 17.2. The number of benzene rings is 2. The van der Waals surface area contributed by atoms with Crippen LogP contribution in [0.15, 0.2) is 59.1 Å². The third-order valence-corrected chi connectivity index (χ3v) is 5.40. The number of carbonyl (C=O) groups excluding carboxylic acids is 2. The average molecular weight is 426 g/mol. The smallest absolute Gasteiger partial charge is 0.311 e. The van der Waals surface area contributed by atoms with Crippen molar-refractivity contribution in [3.8, 4) is 11.4 Å². The molecule has 8 heteroatoms. The molecular weight excluding hydrogens is 406 g/mol. The quantitative estimate of drug-likeness (QED) is 0.554. The summed E-state index contributed by atoms with van der Waals surface area (Å²) in [5.74, 6) is -0.445. The van der Waals surface area contributed by atoms with E-state index in [0.717, 1.165) is 11.1 Å². The third kappa shape index (κ3) is 4.36. The van der Waals surface area contributed by atoms with E-state index in [9.17, 15) is 9.59 Å². The summed E-state index contributed by atoms with van der Waals surface area (Å²) < 4.78 is 10.5. The van der Waals surface area contributed by atoms with Gasteiger partial charge in [0.05, 0.1) is 12.0 Å². The third-order valence-electron chi connectivity index (χ3n) is 5.15. The first-order chi connectivity index (χ1) is 14.5. The minimum absolute atomic E-state index is 0.0592. The van der Waals surface area contributed by atoms with Crippen LogP contribution in [0.5, 0.6) is 0 Å². The molecule has 1 aliphatic heterocycles. The fourth-order valence-corrected chi connectivity index (χ4v) is 3.58. The summed E-state index contributed by atoms with van der Waals surface area (Å²) in [6.45, 7) is 2.14. The number of hydrogen-bond acceptors (Lipinski definition) is 6. The van der Waals surface area contributed by atoms with Gasteiger partial charge in [-0.2, -0.15) is 4.98 Å². The molecule has 1 fully saturated rings. The maximum absolute atomic E-state index is 12.5. The first kappa shape index (κ1) is 20.1. The van der Waals surface area contributed by atoms with Crippen LogP contribution in [0, 0.1) is 5.92 Å². The van der Waals surface area contributed by atoms with Crippen molar-refractivity contribution in [3.05, 3.63) is 71.1 Å². The predicted molar refractivity (Wildman–Crippen MR) is 109 cm³/mol. The molecule has 0 unspecified atom stereocenters. The lowest BCUT2D eigenvalue weighted by Gasteiger charge is -2.25. The standard InChI is InChI=1S/C22H20ClN3O4/c1-14(15-5-3-2-4-6-15)26-12-17(11-20(26)27)22(28)29-13-19-24-21(25-30-19)16-7-9-18(23)10-8-16/h2-10,14,17H,11-13H2,1H3/t14-,17-/m1/s1. The van der Waals surface area contributed by atoms with Crippen molar-refractivity contribution in [3.63, 3.8) is 0 Å². The van der Waals surface area contributed by atoms with Crippen LogP contribution in [-0.4, -0.2) is 33.5 Å². The average Bonchev–Trinajstić information content (AvgIpc) is 3.39. The molecule has 0 radical (unpaired) electrons. The van der Waals surface area contributed by atoms with Gasteiger partial charge in [-0.1, -0.05) is 47.1 Å². The van der Waals surface area contributed by atoms with Crippen molar-refractivity contribution in [2.75, 3.05) is 6.54 Å². The highest BCUT2D eigenvalue weighted by atomic mass is 35.5. The molecule has 0 saturated carbocycles. The number of nitrogens with zero attached hydrogens (tertiary/aromatic N) is 3. The second-order valence-electron chi connectivity index (χ2n) is 7.16.